The Morgan fingerprint density at radius 2 is 1.92 bits per heavy atom. The second-order valence-electron chi connectivity index (χ2n) is 8.59. The first kappa shape index (κ1) is 28.4. The Labute approximate surface area is 227 Å². The summed E-state index contributed by atoms with van der Waals surface area (Å²) < 4.78 is 60.2. The van der Waals surface area contributed by atoms with E-state index in [0.717, 1.165) is 9.87 Å². The number of hydrogen-bond acceptors (Lipinski definition) is 10. The largest absolute Gasteiger partial charge is 0.497 e. The summed E-state index contributed by atoms with van der Waals surface area (Å²) in [4.78, 5) is 12.6. The minimum absolute atomic E-state index is 0.0130. The van der Waals surface area contributed by atoms with Crippen LogP contribution < -0.4 is 14.2 Å². The number of aliphatic hydroxyl groups is 1. The monoisotopic (exact) mass is 561 g/mol. The average molecular weight is 562 g/mol. The molecule has 4 rings (SSSR count). The second-order valence-corrected chi connectivity index (χ2v) is 10.5. The van der Waals surface area contributed by atoms with E-state index < -0.39 is 22.3 Å². The van der Waals surface area contributed by atoms with Crippen molar-refractivity contribution >= 4 is 16.0 Å². The third kappa shape index (κ3) is 6.90. The van der Waals surface area contributed by atoms with Crippen LogP contribution in [-0.2, 0) is 29.0 Å². The number of esters is 1. The fourth-order valence-corrected chi connectivity index (χ4v) is 5.55. The van der Waals surface area contributed by atoms with Crippen molar-refractivity contribution in [3.05, 3.63) is 72.5 Å². The Bertz CT molecular complexity index is 1290. The topological polar surface area (TPSA) is 130 Å². The first-order chi connectivity index (χ1) is 18.8. The summed E-state index contributed by atoms with van der Waals surface area (Å²) in [5, 5.41) is 9.49. The molecule has 210 valence electrons. The van der Waals surface area contributed by atoms with Crippen molar-refractivity contribution in [3.63, 3.8) is 0 Å². The summed E-state index contributed by atoms with van der Waals surface area (Å²) in [6.45, 7) is 3.09. The van der Waals surface area contributed by atoms with Crippen LogP contribution in [0.25, 0.3) is 0 Å². The van der Waals surface area contributed by atoms with Crippen molar-refractivity contribution < 1.29 is 46.7 Å². The highest BCUT2D eigenvalue weighted by Gasteiger charge is 2.31. The lowest BCUT2D eigenvalue weighted by Gasteiger charge is -2.30. The molecule has 0 saturated carbocycles. The normalized spacial score (nSPS) is 18.3. The van der Waals surface area contributed by atoms with Crippen molar-refractivity contribution in [3.8, 4) is 17.2 Å². The molecular weight excluding hydrogens is 530 g/mol. The summed E-state index contributed by atoms with van der Waals surface area (Å²) in [7, 11) is -2.42. The summed E-state index contributed by atoms with van der Waals surface area (Å²) in [5.41, 5.74) is 0.856. The van der Waals surface area contributed by atoms with Crippen LogP contribution in [0.15, 0.2) is 71.9 Å². The summed E-state index contributed by atoms with van der Waals surface area (Å²) in [6.07, 6.45) is 2.60. The molecular formula is C27H31NO10S. The number of benzene rings is 2. The molecule has 0 unspecified atom stereocenters. The van der Waals surface area contributed by atoms with Crippen LogP contribution in [0.5, 0.6) is 17.2 Å². The molecule has 0 fully saturated rings. The average Bonchev–Trinajstić information content (AvgIpc) is 3.43. The maximum Gasteiger partial charge on any atom is 0.373 e. The molecule has 11 nitrogen and oxygen atoms in total. The molecule has 2 aromatic carbocycles. The molecule has 2 heterocycles. The van der Waals surface area contributed by atoms with Gasteiger partial charge in [0.25, 0.3) is 0 Å². The van der Waals surface area contributed by atoms with E-state index in [2.05, 4.69) is 6.58 Å². The maximum absolute atomic E-state index is 13.2. The number of aliphatic hydroxyl groups excluding tert-OH is 1. The minimum Gasteiger partial charge on any atom is -0.497 e. The highest BCUT2D eigenvalue weighted by atomic mass is 32.2. The van der Waals surface area contributed by atoms with Crippen molar-refractivity contribution in [2.24, 2.45) is 0 Å². The lowest BCUT2D eigenvalue weighted by molar-refractivity contribution is -0.160. The van der Waals surface area contributed by atoms with Gasteiger partial charge in [0.05, 0.1) is 25.2 Å². The smallest absolute Gasteiger partial charge is 0.373 e. The second kappa shape index (κ2) is 13.0. The van der Waals surface area contributed by atoms with Crippen LogP contribution in [0.3, 0.4) is 0 Å². The number of carbonyl (C=O) groups is 1. The van der Waals surface area contributed by atoms with Gasteiger partial charge in [0, 0.05) is 25.4 Å². The van der Waals surface area contributed by atoms with Crippen molar-refractivity contribution in [2.45, 2.75) is 23.5 Å². The molecule has 2 aromatic rings. The van der Waals surface area contributed by atoms with E-state index in [1.807, 2.05) is 12.1 Å². The van der Waals surface area contributed by atoms with E-state index in [1.165, 1.54) is 25.3 Å². The molecule has 12 heteroatoms. The molecule has 0 spiro atoms. The van der Waals surface area contributed by atoms with Gasteiger partial charge in [-0.1, -0.05) is 18.7 Å². The molecule has 2 atom stereocenters. The van der Waals surface area contributed by atoms with Crippen LogP contribution in [0.2, 0.25) is 0 Å². The number of fused-ring (bicyclic) bond motifs is 1. The van der Waals surface area contributed by atoms with Gasteiger partial charge >= 0.3 is 5.97 Å². The van der Waals surface area contributed by atoms with Crippen molar-refractivity contribution in [2.75, 3.05) is 46.8 Å². The zero-order valence-corrected chi connectivity index (χ0v) is 22.3. The molecule has 2 aliphatic heterocycles. The fraction of sp³-hybridized carbons (Fsp3) is 0.370. The van der Waals surface area contributed by atoms with E-state index in [1.54, 1.807) is 24.3 Å². The number of rotatable bonds is 13. The number of nitrogens with zero attached hydrogens (tertiary/aromatic N) is 1. The van der Waals surface area contributed by atoms with E-state index in [4.69, 9.17) is 28.4 Å². The minimum atomic E-state index is -3.91. The molecule has 0 aliphatic carbocycles. The predicted octanol–water partition coefficient (Wildman–Crippen LogP) is 2.57. The van der Waals surface area contributed by atoms with E-state index in [0.29, 0.717) is 23.7 Å². The van der Waals surface area contributed by atoms with Crippen LogP contribution in [0.4, 0.5) is 0 Å². The highest BCUT2D eigenvalue weighted by molar-refractivity contribution is 7.89. The number of carbonyl (C=O) groups excluding carboxylic acids is 1. The lowest BCUT2D eigenvalue weighted by atomic mass is 9.92. The standard InChI is InChI=1S/C27H31NO10S/c1-3-13-35-27(30)25-16-20(19-4-9-23-24(15-19)37-18-36-23)17-26(38-25)34-14-11-28(10-12-29)39(31,32)22-7-5-21(33-2)6-8-22/h3-9,15-16,20,26,29H,1,10-14,17-18H2,2H3/t20-,26+/m1/s1. The van der Waals surface area contributed by atoms with Gasteiger partial charge in [-0.15, -0.1) is 0 Å². The summed E-state index contributed by atoms with van der Waals surface area (Å²) >= 11 is 0. The molecule has 0 amide bonds. The third-order valence-corrected chi connectivity index (χ3v) is 8.02. The molecule has 0 aromatic heterocycles. The molecule has 39 heavy (non-hydrogen) atoms. The number of sulfonamides is 1. The van der Waals surface area contributed by atoms with Crippen LogP contribution in [0, 0.1) is 0 Å². The maximum atomic E-state index is 13.2. The first-order valence-corrected chi connectivity index (χ1v) is 13.7. The van der Waals surface area contributed by atoms with Crippen LogP contribution in [0.1, 0.15) is 17.9 Å². The summed E-state index contributed by atoms with van der Waals surface area (Å²) in [5.74, 6) is 0.792. The Kier molecular flexibility index (Phi) is 9.46. The van der Waals surface area contributed by atoms with Gasteiger partial charge in [0.1, 0.15) is 12.4 Å². The molecule has 1 N–H and O–H groups in total. The molecule has 0 radical (unpaired) electrons. The third-order valence-electron chi connectivity index (χ3n) is 6.11. The zero-order chi connectivity index (χ0) is 27.8. The lowest BCUT2D eigenvalue weighted by Crippen LogP contribution is -2.37. The molecule has 0 bridgehead atoms. The first-order valence-electron chi connectivity index (χ1n) is 12.3. The van der Waals surface area contributed by atoms with E-state index >= 15 is 0 Å². The summed E-state index contributed by atoms with van der Waals surface area (Å²) in [6, 6.07) is 11.5. The van der Waals surface area contributed by atoms with Gasteiger partial charge in [-0.2, -0.15) is 4.31 Å². The Morgan fingerprint density at radius 3 is 2.64 bits per heavy atom. The molecule has 2 aliphatic rings. The van der Waals surface area contributed by atoms with Gasteiger partial charge in [-0.25, -0.2) is 13.2 Å². The number of ether oxygens (including phenoxy) is 6. The Balaban J connectivity index is 1.46. The van der Waals surface area contributed by atoms with E-state index in [9.17, 15) is 18.3 Å². The fourth-order valence-electron chi connectivity index (χ4n) is 4.13. The van der Waals surface area contributed by atoms with Gasteiger partial charge in [0.15, 0.2) is 11.5 Å². The van der Waals surface area contributed by atoms with Crippen molar-refractivity contribution in [1.82, 2.24) is 4.31 Å². The van der Waals surface area contributed by atoms with E-state index in [-0.39, 0.29) is 56.3 Å². The zero-order valence-electron chi connectivity index (χ0n) is 21.5. The quantitative estimate of drug-likeness (QED) is 0.288. The Morgan fingerprint density at radius 1 is 1.15 bits per heavy atom. The van der Waals surface area contributed by atoms with Gasteiger partial charge < -0.3 is 33.5 Å². The Hall–Kier alpha value is -3.58. The van der Waals surface area contributed by atoms with Crippen molar-refractivity contribution in [1.29, 1.82) is 0 Å². The molecule has 0 saturated heterocycles. The number of hydrogen-bond donors (Lipinski definition) is 1. The van der Waals surface area contributed by atoms with Gasteiger partial charge in [0.2, 0.25) is 28.9 Å². The highest BCUT2D eigenvalue weighted by Crippen LogP contribution is 2.38. The number of methoxy groups -OCH3 is 1. The SMILES string of the molecule is C=CCOC(=O)C1=C[C@@H](c2ccc3c(c2)OCO3)C[C@@H](OCCN(CCO)S(=O)(=O)c2ccc(OC)cc2)O1. The van der Waals surface area contributed by atoms with Crippen LogP contribution >= 0.6 is 0 Å². The van der Waals surface area contributed by atoms with Crippen LogP contribution in [-0.4, -0.2) is 76.9 Å². The van der Waals surface area contributed by atoms with Gasteiger partial charge in [-0.3, -0.25) is 0 Å². The predicted molar refractivity (Wildman–Crippen MR) is 139 cm³/mol. The number of allylic oxidation sites excluding steroid dienone is 1. The van der Waals surface area contributed by atoms with Gasteiger partial charge in [-0.05, 0) is 48.0 Å².